The van der Waals surface area contributed by atoms with Crippen LogP contribution in [0.3, 0.4) is 0 Å². The largest absolute Gasteiger partial charge is 0.484 e. The van der Waals surface area contributed by atoms with Crippen LogP contribution in [-0.4, -0.2) is 35.9 Å². The van der Waals surface area contributed by atoms with E-state index >= 15 is 0 Å². The highest BCUT2D eigenvalue weighted by molar-refractivity contribution is 6.36. The van der Waals surface area contributed by atoms with Crippen LogP contribution >= 0.6 is 23.2 Å². The number of hydrogen-bond acceptors (Lipinski definition) is 3. The van der Waals surface area contributed by atoms with Crippen LogP contribution in [0.2, 0.25) is 10.0 Å². The lowest BCUT2D eigenvalue weighted by atomic mass is 10.1. The fourth-order valence-corrected chi connectivity index (χ4v) is 3.58. The van der Waals surface area contributed by atoms with Crippen molar-refractivity contribution in [2.24, 2.45) is 5.92 Å². The molecule has 0 aliphatic rings. The molecule has 1 unspecified atom stereocenters. The van der Waals surface area contributed by atoms with Crippen molar-refractivity contribution in [1.29, 1.82) is 0 Å². The van der Waals surface area contributed by atoms with Crippen LogP contribution in [0.5, 0.6) is 5.75 Å². The van der Waals surface area contributed by atoms with Crippen molar-refractivity contribution in [3.8, 4) is 5.75 Å². The summed E-state index contributed by atoms with van der Waals surface area (Å²) in [4.78, 5) is 27.6. The van der Waals surface area contributed by atoms with E-state index < -0.39 is 6.04 Å². The second-order valence-corrected chi connectivity index (χ2v) is 8.70. The van der Waals surface area contributed by atoms with Gasteiger partial charge in [-0.2, -0.15) is 0 Å². The summed E-state index contributed by atoms with van der Waals surface area (Å²) in [6.45, 7) is 8.33. The average Bonchev–Trinajstić information content (AvgIpc) is 2.73. The Kier molecular flexibility index (Phi) is 9.66. The minimum absolute atomic E-state index is 0.113. The second kappa shape index (κ2) is 12.0. The number of hydrogen-bond donors (Lipinski definition) is 1. The molecule has 0 spiro atoms. The third-order valence-corrected chi connectivity index (χ3v) is 5.55. The van der Waals surface area contributed by atoms with E-state index in [4.69, 9.17) is 27.9 Å². The number of aryl methyl sites for hydroxylation is 1. The molecule has 1 N–H and O–H groups in total. The van der Waals surface area contributed by atoms with Crippen LogP contribution in [-0.2, 0) is 16.1 Å². The molecule has 2 amide bonds. The summed E-state index contributed by atoms with van der Waals surface area (Å²) in [5, 5.41) is 3.82. The maximum Gasteiger partial charge on any atom is 0.261 e. The number of halogens is 2. The normalized spacial score (nSPS) is 11.8. The third kappa shape index (κ3) is 7.44. The number of nitrogens with one attached hydrogen (secondary N) is 1. The van der Waals surface area contributed by atoms with E-state index in [2.05, 4.69) is 5.32 Å². The Morgan fingerprint density at radius 3 is 2.23 bits per heavy atom. The van der Waals surface area contributed by atoms with E-state index in [1.54, 1.807) is 18.2 Å². The lowest BCUT2D eigenvalue weighted by molar-refractivity contribution is -0.143. The number of carbonyl (C=O) groups is 2. The predicted octanol–water partition coefficient (Wildman–Crippen LogP) is 5.26. The smallest absolute Gasteiger partial charge is 0.261 e. The number of ether oxygens (including phenoxy) is 1. The first kappa shape index (κ1) is 25.0. The highest BCUT2D eigenvalue weighted by atomic mass is 35.5. The Balaban J connectivity index is 2.25. The van der Waals surface area contributed by atoms with Gasteiger partial charge in [-0.1, -0.05) is 67.7 Å². The number of amides is 2. The molecule has 168 valence electrons. The third-order valence-electron chi connectivity index (χ3n) is 4.84. The molecule has 0 bridgehead atoms. The number of nitrogens with zero attached hydrogens (tertiary/aromatic N) is 1. The average molecular weight is 465 g/mol. The molecule has 7 heteroatoms. The van der Waals surface area contributed by atoms with Gasteiger partial charge in [0.15, 0.2) is 6.61 Å². The molecule has 0 heterocycles. The van der Waals surface area contributed by atoms with Gasteiger partial charge in [-0.05, 0) is 43.5 Å². The maximum atomic E-state index is 13.2. The van der Waals surface area contributed by atoms with Gasteiger partial charge >= 0.3 is 0 Å². The Hall–Kier alpha value is -2.24. The van der Waals surface area contributed by atoms with Crippen LogP contribution in [0.1, 0.15) is 38.3 Å². The van der Waals surface area contributed by atoms with Crippen molar-refractivity contribution in [2.75, 3.05) is 13.2 Å². The zero-order valence-electron chi connectivity index (χ0n) is 18.5. The molecule has 0 aliphatic carbocycles. The molecular weight excluding hydrogens is 435 g/mol. The Bertz CT molecular complexity index is 865. The molecule has 2 aromatic carbocycles. The van der Waals surface area contributed by atoms with Gasteiger partial charge in [0.1, 0.15) is 11.8 Å². The van der Waals surface area contributed by atoms with Gasteiger partial charge in [-0.25, -0.2) is 0 Å². The number of benzene rings is 2. The van der Waals surface area contributed by atoms with Crippen LogP contribution in [0.4, 0.5) is 0 Å². The van der Waals surface area contributed by atoms with Crippen LogP contribution in [0, 0.1) is 12.8 Å². The summed E-state index contributed by atoms with van der Waals surface area (Å²) < 4.78 is 5.69. The molecule has 2 rings (SSSR count). The molecule has 0 saturated heterocycles. The van der Waals surface area contributed by atoms with Gasteiger partial charge in [0.25, 0.3) is 5.91 Å². The first-order valence-electron chi connectivity index (χ1n) is 10.4. The molecule has 31 heavy (non-hydrogen) atoms. The van der Waals surface area contributed by atoms with E-state index in [-0.39, 0.29) is 25.0 Å². The molecule has 5 nitrogen and oxygen atoms in total. The van der Waals surface area contributed by atoms with E-state index in [1.807, 2.05) is 52.0 Å². The SMILES string of the molecule is CCC(C(=O)NCC(C)C)N(Cc1c(Cl)cccc1Cl)C(=O)COc1ccc(C)cc1. The summed E-state index contributed by atoms with van der Waals surface area (Å²) in [5.74, 6) is 0.367. The van der Waals surface area contributed by atoms with Crippen LogP contribution in [0.15, 0.2) is 42.5 Å². The topological polar surface area (TPSA) is 58.6 Å². The lowest BCUT2D eigenvalue weighted by Gasteiger charge is -2.31. The molecule has 0 fully saturated rings. The highest BCUT2D eigenvalue weighted by Gasteiger charge is 2.30. The zero-order valence-corrected chi connectivity index (χ0v) is 20.0. The summed E-state index contributed by atoms with van der Waals surface area (Å²) in [6, 6.07) is 12.0. The van der Waals surface area contributed by atoms with Crippen molar-refractivity contribution in [3.63, 3.8) is 0 Å². The van der Waals surface area contributed by atoms with Gasteiger partial charge in [-0.15, -0.1) is 0 Å². The van der Waals surface area contributed by atoms with Gasteiger partial charge in [0.2, 0.25) is 5.91 Å². The highest BCUT2D eigenvalue weighted by Crippen LogP contribution is 2.27. The summed E-state index contributed by atoms with van der Waals surface area (Å²) >= 11 is 12.7. The van der Waals surface area contributed by atoms with Gasteiger partial charge in [0, 0.05) is 28.7 Å². The Morgan fingerprint density at radius 1 is 1.06 bits per heavy atom. The lowest BCUT2D eigenvalue weighted by Crippen LogP contribution is -2.50. The fraction of sp³-hybridized carbons (Fsp3) is 0.417. The van der Waals surface area contributed by atoms with Gasteiger partial charge < -0.3 is 15.0 Å². The minimum atomic E-state index is -0.666. The summed E-state index contributed by atoms with van der Waals surface area (Å²) in [7, 11) is 0. The molecular formula is C24H30Cl2N2O3. The van der Waals surface area contributed by atoms with Crippen molar-refractivity contribution < 1.29 is 14.3 Å². The van der Waals surface area contributed by atoms with Crippen LogP contribution < -0.4 is 10.1 Å². The Morgan fingerprint density at radius 2 is 1.68 bits per heavy atom. The van der Waals surface area contributed by atoms with Crippen molar-refractivity contribution in [2.45, 2.75) is 46.7 Å². The number of carbonyl (C=O) groups excluding carboxylic acids is 2. The molecule has 2 aromatic rings. The maximum absolute atomic E-state index is 13.2. The van der Waals surface area contributed by atoms with Crippen molar-refractivity contribution in [3.05, 3.63) is 63.6 Å². The molecule has 1 atom stereocenters. The van der Waals surface area contributed by atoms with E-state index in [1.165, 1.54) is 4.90 Å². The predicted molar refractivity (Wildman–Crippen MR) is 126 cm³/mol. The minimum Gasteiger partial charge on any atom is -0.484 e. The second-order valence-electron chi connectivity index (χ2n) is 7.89. The fourth-order valence-electron chi connectivity index (χ4n) is 3.06. The summed E-state index contributed by atoms with van der Waals surface area (Å²) in [5.41, 5.74) is 1.70. The Labute approximate surface area is 194 Å². The van der Waals surface area contributed by atoms with E-state index in [0.717, 1.165) is 5.56 Å². The van der Waals surface area contributed by atoms with Crippen LogP contribution in [0.25, 0.3) is 0 Å². The van der Waals surface area contributed by atoms with Crippen molar-refractivity contribution in [1.82, 2.24) is 10.2 Å². The zero-order chi connectivity index (χ0) is 23.0. The number of rotatable bonds is 10. The van der Waals surface area contributed by atoms with Gasteiger partial charge in [0.05, 0.1) is 0 Å². The molecule has 0 aromatic heterocycles. The standard InChI is InChI=1S/C24H30Cl2N2O3/c1-5-22(24(30)27-13-16(2)3)28(14-19-20(25)7-6-8-21(19)26)23(29)15-31-18-11-9-17(4)10-12-18/h6-12,16,22H,5,13-15H2,1-4H3,(H,27,30). The van der Waals surface area contributed by atoms with Crippen molar-refractivity contribution >= 4 is 35.0 Å². The first-order chi connectivity index (χ1) is 14.7. The first-order valence-corrected chi connectivity index (χ1v) is 11.2. The molecule has 0 radical (unpaired) electrons. The quantitative estimate of drug-likeness (QED) is 0.521. The van der Waals surface area contributed by atoms with E-state index in [9.17, 15) is 9.59 Å². The molecule has 0 saturated carbocycles. The van der Waals surface area contributed by atoms with Gasteiger partial charge in [-0.3, -0.25) is 9.59 Å². The monoisotopic (exact) mass is 464 g/mol. The molecule has 0 aliphatic heterocycles. The van der Waals surface area contributed by atoms with E-state index in [0.29, 0.717) is 40.2 Å². The summed E-state index contributed by atoms with van der Waals surface area (Å²) in [6.07, 6.45) is 0.447.